The van der Waals surface area contributed by atoms with Gasteiger partial charge in [-0.2, -0.15) is 0 Å². The average molecular weight is 321 g/mol. The molecule has 2 N–H and O–H groups in total. The van der Waals surface area contributed by atoms with E-state index in [1.54, 1.807) is 7.05 Å². The molecule has 1 aliphatic heterocycles. The van der Waals surface area contributed by atoms with E-state index in [0.29, 0.717) is 24.4 Å². The molecule has 3 atom stereocenters. The number of ether oxygens (including phenoxy) is 1. The van der Waals surface area contributed by atoms with Crippen molar-refractivity contribution in [2.45, 2.75) is 76.4 Å². The molecule has 5 heteroatoms. The molecule has 130 valence electrons. The van der Waals surface area contributed by atoms with E-state index in [0.717, 1.165) is 12.8 Å². The lowest BCUT2D eigenvalue weighted by Crippen LogP contribution is -2.47. The van der Waals surface area contributed by atoms with Gasteiger partial charge in [-0.1, -0.05) is 45.4 Å². The number of nitrogens with two attached hydrogens (primary N) is 1. The number of carbonyl (C=O) groups is 1. The van der Waals surface area contributed by atoms with Gasteiger partial charge in [0.2, 0.25) is 0 Å². The van der Waals surface area contributed by atoms with E-state index in [4.69, 9.17) is 10.5 Å². The third-order valence-electron chi connectivity index (χ3n) is 6.05. The molecule has 0 aromatic heterocycles. The zero-order chi connectivity index (χ0) is 16.4. The van der Waals surface area contributed by atoms with Crippen molar-refractivity contribution < 1.29 is 9.53 Å². The Bertz CT molecular complexity index is 473. The molecule has 2 fully saturated rings. The fraction of sp³-hybridized carbons (Fsp3) is 0.889. The van der Waals surface area contributed by atoms with Crippen LogP contribution in [0.4, 0.5) is 0 Å². The highest BCUT2D eigenvalue weighted by atomic mass is 16.5. The number of amides is 1. The van der Waals surface area contributed by atoms with Gasteiger partial charge in [0.05, 0.1) is 12.7 Å². The van der Waals surface area contributed by atoms with E-state index in [2.05, 4.69) is 11.9 Å². The fourth-order valence-corrected chi connectivity index (χ4v) is 4.52. The van der Waals surface area contributed by atoms with Crippen LogP contribution in [0.5, 0.6) is 0 Å². The summed E-state index contributed by atoms with van der Waals surface area (Å²) >= 11 is 0. The summed E-state index contributed by atoms with van der Waals surface area (Å²) in [4.78, 5) is 19.0. The maximum atomic E-state index is 12.8. The van der Waals surface area contributed by atoms with E-state index >= 15 is 0 Å². The van der Waals surface area contributed by atoms with Crippen molar-refractivity contribution >= 4 is 11.9 Å². The fourth-order valence-electron chi connectivity index (χ4n) is 4.52. The molecule has 1 amide bonds. The van der Waals surface area contributed by atoms with E-state index in [1.165, 1.54) is 49.8 Å². The molecule has 5 nitrogen and oxygen atoms in total. The summed E-state index contributed by atoms with van der Waals surface area (Å²) in [5, 5.41) is 0. The number of hydrogen-bond donors (Lipinski definition) is 1. The van der Waals surface area contributed by atoms with Crippen molar-refractivity contribution in [3.05, 3.63) is 0 Å². The molecule has 3 rings (SSSR count). The SMILES string of the molecule is CC1CCCC1OCC1(CC2CCCCC2)N=C(N)N(C)C1=O. The lowest BCUT2D eigenvalue weighted by molar-refractivity contribution is -0.134. The molecule has 0 aromatic rings. The summed E-state index contributed by atoms with van der Waals surface area (Å²) in [6.07, 6.45) is 10.9. The van der Waals surface area contributed by atoms with Crippen LogP contribution in [-0.2, 0) is 9.53 Å². The monoisotopic (exact) mass is 321 g/mol. The second kappa shape index (κ2) is 6.80. The topological polar surface area (TPSA) is 67.9 Å². The first-order valence-electron chi connectivity index (χ1n) is 9.27. The number of aliphatic imine (C=N–C) groups is 1. The summed E-state index contributed by atoms with van der Waals surface area (Å²) in [5.41, 5.74) is 5.19. The molecule has 3 unspecified atom stereocenters. The molecular formula is C18H31N3O2. The highest BCUT2D eigenvalue weighted by molar-refractivity contribution is 6.06. The number of guanidine groups is 1. The Morgan fingerprint density at radius 2 is 1.96 bits per heavy atom. The minimum absolute atomic E-state index is 0.0197. The van der Waals surface area contributed by atoms with Crippen LogP contribution in [0.15, 0.2) is 4.99 Å². The molecule has 1 heterocycles. The van der Waals surface area contributed by atoms with Gasteiger partial charge in [-0.15, -0.1) is 0 Å². The number of likely N-dealkylation sites (N-methyl/N-ethyl adjacent to an activating group) is 1. The molecule has 3 aliphatic rings. The Morgan fingerprint density at radius 1 is 1.22 bits per heavy atom. The number of carbonyl (C=O) groups excluding carboxylic acids is 1. The van der Waals surface area contributed by atoms with Gasteiger partial charge in [-0.3, -0.25) is 9.69 Å². The number of hydrogen-bond acceptors (Lipinski definition) is 4. The van der Waals surface area contributed by atoms with Crippen molar-refractivity contribution in [2.75, 3.05) is 13.7 Å². The average Bonchev–Trinajstić information content (AvgIpc) is 3.04. The van der Waals surface area contributed by atoms with Gasteiger partial charge in [-0.25, -0.2) is 4.99 Å². The molecule has 0 bridgehead atoms. The van der Waals surface area contributed by atoms with Crippen molar-refractivity contribution in [1.29, 1.82) is 0 Å². The van der Waals surface area contributed by atoms with Gasteiger partial charge >= 0.3 is 0 Å². The Kier molecular flexibility index (Phi) is 4.95. The predicted molar refractivity (Wildman–Crippen MR) is 91.1 cm³/mol. The Hall–Kier alpha value is -1.10. The van der Waals surface area contributed by atoms with Crippen LogP contribution >= 0.6 is 0 Å². The summed E-state index contributed by atoms with van der Waals surface area (Å²) in [6.45, 7) is 2.63. The zero-order valence-electron chi connectivity index (χ0n) is 14.6. The van der Waals surface area contributed by atoms with E-state index in [1.807, 2.05) is 0 Å². The normalized spacial score (nSPS) is 35.8. The van der Waals surface area contributed by atoms with Crippen LogP contribution in [0.3, 0.4) is 0 Å². The molecule has 0 saturated heterocycles. The van der Waals surface area contributed by atoms with E-state index < -0.39 is 5.54 Å². The lowest BCUT2D eigenvalue weighted by Gasteiger charge is -2.32. The first kappa shape index (κ1) is 16.7. The maximum absolute atomic E-state index is 12.8. The van der Waals surface area contributed by atoms with Crippen LogP contribution in [0, 0.1) is 11.8 Å². The summed E-state index contributed by atoms with van der Waals surface area (Å²) in [6, 6.07) is 0. The molecule has 0 radical (unpaired) electrons. The van der Waals surface area contributed by atoms with E-state index in [-0.39, 0.29) is 12.0 Å². The maximum Gasteiger partial charge on any atom is 0.259 e. The second-order valence-electron chi connectivity index (χ2n) is 7.83. The minimum Gasteiger partial charge on any atom is -0.375 e. The van der Waals surface area contributed by atoms with Crippen molar-refractivity contribution in [2.24, 2.45) is 22.6 Å². The summed E-state index contributed by atoms with van der Waals surface area (Å²) in [5.74, 6) is 1.51. The first-order chi connectivity index (χ1) is 11.0. The number of nitrogens with zero attached hydrogens (tertiary/aromatic N) is 2. The first-order valence-corrected chi connectivity index (χ1v) is 9.27. The van der Waals surface area contributed by atoms with Gasteiger partial charge in [0.25, 0.3) is 5.91 Å². The molecular weight excluding hydrogens is 290 g/mol. The van der Waals surface area contributed by atoms with Crippen LogP contribution in [0.1, 0.15) is 64.7 Å². The molecule has 0 aromatic carbocycles. The smallest absolute Gasteiger partial charge is 0.259 e. The van der Waals surface area contributed by atoms with Crippen molar-refractivity contribution in [3.63, 3.8) is 0 Å². The minimum atomic E-state index is -0.775. The zero-order valence-corrected chi connectivity index (χ0v) is 14.6. The van der Waals surface area contributed by atoms with Crippen LogP contribution in [0.2, 0.25) is 0 Å². The highest BCUT2D eigenvalue weighted by Gasteiger charge is 2.48. The largest absolute Gasteiger partial charge is 0.375 e. The second-order valence-corrected chi connectivity index (χ2v) is 7.83. The Morgan fingerprint density at radius 3 is 2.52 bits per heavy atom. The molecule has 2 saturated carbocycles. The van der Waals surface area contributed by atoms with Gasteiger partial charge in [0, 0.05) is 7.05 Å². The highest BCUT2D eigenvalue weighted by Crippen LogP contribution is 2.37. The quantitative estimate of drug-likeness (QED) is 0.846. The van der Waals surface area contributed by atoms with Crippen LogP contribution < -0.4 is 5.73 Å². The summed E-state index contributed by atoms with van der Waals surface area (Å²) < 4.78 is 6.20. The predicted octanol–water partition coefficient (Wildman–Crippen LogP) is 2.69. The van der Waals surface area contributed by atoms with Crippen molar-refractivity contribution in [3.8, 4) is 0 Å². The van der Waals surface area contributed by atoms with Gasteiger partial charge in [0.1, 0.15) is 0 Å². The third-order valence-corrected chi connectivity index (χ3v) is 6.05. The Balaban J connectivity index is 1.72. The third kappa shape index (κ3) is 3.39. The van der Waals surface area contributed by atoms with Gasteiger partial charge in [-0.05, 0) is 31.1 Å². The molecule has 2 aliphatic carbocycles. The summed E-state index contributed by atoms with van der Waals surface area (Å²) in [7, 11) is 1.72. The lowest BCUT2D eigenvalue weighted by atomic mass is 9.79. The van der Waals surface area contributed by atoms with Crippen LogP contribution in [-0.4, -0.2) is 42.1 Å². The van der Waals surface area contributed by atoms with Gasteiger partial charge in [0.15, 0.2) is 11.5 Å². The molecule has 0 spiro atoms. The van der Waals surface area contributed by atoms with Crippen molar-refractivity contribution in [1.82, 2.24) is 4.90 Å². The number of rotatable bonds is 5. The van der Waals surface area contributed by atoms with Gasteiger partial charge < -0.3 is 10.5 Å². The van der Waals surface area contributed by atoms with Crippen LogP contribution in [0.25, 0.3) is 0 Å². The molecule has 23 heavy (non-hydrogen) atoms. The van der Waals surface area contributed by atoms with E-state index in [9.17, 15) is 4.79 Å². The standard InChI is InChI=1S/C18H31N3O2/c1-13-7-6-10-15(13)23-12-18(11-14-8-4-3-5-9-14)16(22)21(2)17(19)20-18/h13-15H,3-12H2,1-2H3,(H2,19,20). The Labute approximate surface area is 139 Å².